The fourth-order valence-corrected chi connectivity index (χ4v) is 0.618. The molecule has 0 radical (unpaired) electrons. The van der Waals surface area contributed by atoms with Crippen LogP contribution in [0.4, 0.5) is 39.5 Å². The fraction of sp³-hybridized carbons (Fsp3) is 0.857. The zero-order valence-corrected chi connectivity index (χ0v) is 8.21. The quantitative estimate of drug-likeness (QED) is 0.556. The lowest BCUT2D eigenvalue weighted by atomic mass is 10.1. The molecule has 1 unspecified atom stereocenters. The molecule has 0 saturated carbocycles. The molecule has 0 aromatic heterocycles. The van der Waals surface area contributed by atoms with Gasteiger partial charge >= 0.3 is 18.1 Å². The normalized spacial score (nSPS) is 17.4. The Morgan fingerprint density at radius 3 is 1.50 bits per heavy atom. The Morgan fingerprint density at radius 1 is 0.889 bits per heavy atom. The average molecular weight is 292 g/mol. The Morgan fingerprint density at radius 2 is 1.28 bits per heavy atom. The number of carbonyl (C=O) groups is 1. The molecule has 1 atom stereocenters. The van der Waals surface area contributed by atoms with Crippen LogP contribution in [0.25, 0.3) is 0 Å². The van der Waals surface area contributed by atoms with Gasteiger partial charge in [-0.3, -0.25) is 9.53 Å². The number of alkyl halides is 9. The van der Waals surface area contributed by atoms with Crippen LogP contribution in [0.5, 0.6) is 0 Å². The fourth-order valence-electron chi connectivity index (χ4n) is 0.618. The summed E-state index contributed by atoms with van der Waals surface area (Å²) in [5, 5.41) is 0. The van der Waals surface area contributed by atoms with Gasteiger partial charge in [0.05, 0.1) is 0 Å². The maximum absolute atomic E-state index is 12.8. The average Bonchev–Trinajstić information content (AvgIpc) is 2.25. The Hall–Kier alpha value is -1.00. The molecule has 0 rings (SSSR count). The summed E-state index contributed by atoms with van der Waals surface area (Å²) in [6.45, 7) is -5.58. The molecule has 0 saturated heterocycles. The van der Waals surface area contributed by atoms with Crippen LogP contribution in [0.1, 0.15) is 0 Å². The molecule has 0 aliphatic rings. The van der Waals surface area contributed by atoms with E-state index in [1.807, 2.05) is 0 Å². The van der Waals surface area contributed by atoms with Gasteiger partial charge in [-0.2, -0.15) is 26.3 Å². The van der Waals surface area contributed by atoms with Crippen LogP contribution in [0.3, 0.4) is 0 Å². The number of carbonyl (C=O) groups excluding carboxylic acids is 1. The monoisotopic (exact) mass is 292 g/mol. The predicted octanol–water partition coefficient (Wildman–Crippen LogP) is 2.67. The lowest BCUT2D eigenvalue weighted by molar-refractivity contribution is -0.418. The van der Waals surface area contributed by atoms with E-state index in [9.17, 15) is 44.3 Å². The van der Waals surface area contributed by atoms with Gasteiger partial charge in [-0.15, -0.1) is 0 Å². The molecule has 18 heavy (non-hydrogen) atoms. The van der Waals surface area contributed by atoms with E-state index < -0.39 is 43.4 Å². The van der Waals surface area contributed by atoms with Gasteiger partial charge in [0.15, 0.2) is 6.29 Å². The van der Waals surface area contributed by atoms with Crippen LogP contribution in [0, 0.1) is 0 Å². The van der Waals surface area contributed by atoms with Crippen molar-refractivity contribution >= 4 is 6.29 Å². The molecule has 0 aliphatic carbocycles. The van der Waals surface area contributed by atoms with Gasteiger partial charge in [-0.05, 0) is 0 Å². The molecule has 0 bridgehead atoms. The minimum Gasteiger partial charge on any atom is -0.297 e. The summed E-state index contributed by atoms with van der Waals surface area (Å²) in [4.78, 5) is 9.79. The van der Waals surface area contributed by atoms with Crippen LogP contribution in [0.2, 0.25) is 0 Å². The van der Waals surface area contributed by atoms with Crippen LogP contribution in [0.15, 0.2) is 0 Å². The second kappa shape index (κ2) is 4.94. The molecule has 108 valence electrons. The summed E-state index contributed by atoms with van der Waals surface area (Å²) in [7, 11) is 0. The van der Waals surface area contributed by atoms with Crippen molar-refractivity contribution in [1.82, 2.24) is 0 Å². The van der Waals surface area contributed by atoms with Crippen molar-refractivity contribution in [2.75, 3.05) is 13.3 Å². The van der Waals surface area contributed by atoms with Crippen molar-refractivity contribution in [3.05, 3.63) is 0 Å². The third-order valence-electron chi connectivity index (χ3n) is 1.76. The third kappa shape index (κ3) is 2.87. The van der Waals surface area contributed by atoms with Gasteiger partial charge in [0.25, 0.3) is 5.67 Å². The van der Waals surface area contributed by atoms with Gasteiger partial charge in [-0.1, -0.05) is 0 Å². The summed E-state index contributed by atoms with van der Waals surface area (Å²) in [5.41, 5.74) is -4.83. The topological polar surface area (TPSA) is 26.3 Å². The number of hydrogen-bond acceptors (Lipinski definition) is 2. The number of aldehydes is 1. The standard InChI is InChI=1S/C7H5F9O2/c8-1-4(10,2-9)7(15,16)18-5(11,3-17)6(12,13)14/h3H,1-2H2. The van der Waals surface area contributed by atoms with E-state index in [1.165, 1.54) is 0 Å². The minimum absolute atomic E-state index is 1.72. The van der Waals surface area contributed by atoms with E-state index in [4.69, 9.17) is 0 Å². The van der Waals surface area contributed by atoms with Crippen LogP contribution < -0.4 is 0 Å². The highest BCUT2D eigenvalue weighted by molar-refractivity contribution is 5.61. The van der Waals surface area contributed by atoms with Crippen LogP contribution in [-0.4, -0.2) is 43.4 Å². The largest absolute Gasteiger partial charge is 0.456 e. The first kappa shape index (κ1) is 17.0. The van der Waals surface area contributed by atoms with Gasteiger partial charge in [0, 0.05) is 0 Å². The first-order valence-electron chi connectivity index (χ1n) is 4.00. The molecule has 0 aromatic carbocycles. The SMILES string of the molecule is O=CC(F)(OC(F)(F)C(F)(CF)CF)C(F)(F)F. The summed E-state index contributed by atoms with van der Waals surface area (Å²) in [6, 6.07) is 0. The van der Waals surface area contributed by atoms with Crippen molar-refractivity contribution in [2.45, 2.75) is 23.8 Å². The highest BCUT2D eigenvalue weighted by Gasteiger charge is 2.68. The Balaban J connectivity index is 5.36. The number of hydrogen-bond donors (Lipinski definition) is 0. The van der Waals surface area contributed by atoms with Gasteiger partial charge in [-0.25, -0.2) is 13.2 Å². The minimum atomic E-state index is -6.27. The molecular weight excluding hydrogens is 287 g/mol. The molecule has 11 heteroatoms. The molecule has 0 N–H and O–H groups in total. The molecule has 0 fully saturated rings. The highest BCUT2D eigenvalue weighted by atomic mass is 19.4. The Labute approximate surface area is 93.7 Å². The van der Waals surface area contributed by atoms with Gasteiger partial charge in [0.1, 0.15) is 13.3 Å². The number of rotatable bonds is 6. The Kier molecular flexibility index (Phi) is 4.66. The lowest BCUT2D eigenvalue weighted by Crippen LogP contribution is -2.58. The second-order valence-electron chi connectivity index (χ2n) is 3.11. The first-order chi connectivity index (χ1) is 7.89. The molecule has 0 heterocycles. The van der Waals surface area contributed by atoms with E-state index in [1.54, 1.807) is 0 Å². The highest BCUT2D eigenvalue weighted by Crippen LogP contribution is 2.43. The molecule has 0 aliphatic heterocycles. The molecular formula is C7H5F9O2. The van der Waals surface area contributed by atoms with Crippen molar-refractivity contribution in [2.24, 2.45) is 0 Å². The molecule has 0 aromatic rings. The van der Waals surface area contributed by atoms with Crippen molar-refractivity contribution in [3.63, 3.8) is 0 Å². The number of halogens is 9. The molecule has 0 amide bonds. The predicted molar refractivity (Wildman–Crippen MR) is 37.8 cm³/mol. The maximum atomic E-state index is 12.8. The van der Waals surface area contributed by atoms with Crippen molar-refractivity contribution in [3.8, 4) is 0 Å². The summed E-state index contributed by atoms with van der Waals surface area (Å²) in [6.07, 6.45) is -13.8. The van der Waals surface area contributed by atoms with E-state index in [0.29, 0.717) is 0 Å². The van der Waals surface area contributed by atoms with E-state index in [2.05, 4.69) is 4.74 Å². The second-order valence-corrected chi connectivity index (χ2v) is 3.11. The van der Waals surface area contributed by atoms with E-state index in [0.717, 1.165) is 0 Å². The summed E-state index contributed by atoms with van der Waals surface area (Å²) in [5.74, 6) is -5.59. The van der Waals surface area contributed by atoms with Gasteiger partial charge in [0.2, 0.25) is 0 Å². The first-order valence-corrected chi connectivity index (χ1v) is 4.00. The van der Waals surface area contributed by atoms with Crippen LogP contribution in [-0.2, 0) is 9.53 Å². The molecule has 2 nitrogen and oxygen atoms in total. The lowest BCUT2D eigenvalue weighted by Gasteiger charge is -2.33. The third-order valence-corrected chi connectivity index (χ3v) is 1.76. The summed E-state index contributed by atoms with van der Waals surface area (Å²) >= 11 is 0. The number of ether oxygens (including phenoxy) is 1. The van der Waals surface area contributed by atoms with Gasteiger partial charge < -0.3 is 0 Å². The van der Waals surface area contributed by atoms with Crippen LogP contribution >= 0.6 is 0 Å². The summed E-state index contributed by atoms with van der Waals surface area (Å²) < 4.78 is 113. The van der Waals surface area contributed by atoms with Crippen molar-refractivity contribution < 1.29 is 49.0 Å². The maximum Gasteiger partial charge on any atom is 0.456 e. The smallest absolute Gasteiger partial charge is 0.297 e. The van der Waals surface area contributed by atoms with E-state index in [-0.39, 0.29) is 0 Å². The Bertz CT molecular complexity index is 298. The zero-order valence-electron chi connectivity index (χ0n) is 8.21. The molecule has 0 spiro atoms. The van der Waals surface area contributed by atoms with E-state index >= 15 is 0 Å². The zero-order chi connectivity index (χ0) is 14.8. The van der Waals surface area contributed by atoms with Crippen molar-refractivity contribution in [1.29, 1.82) is 0 Å².